The van der Waals surface area contributed by atoms with Gasteiger partial charge in [-0.2, -0.15) is 0 Å². The average Bonchev–Trinajstić information content (AvgIpc) is 3.05. The van der Waals surface area contributed by atoms with Gasteiger partial charge >= 0.3 is 0 Å². The Bertz CT molecular complexity index is 1860. The monoisotopic (exact) mass is 534 g/mol. The van der Waals surface area contributed by atoms with Crippen LogP contribution in [0.15, 0.2) is 146 Å². The van der Waals surface area contributed by atoms with Gasteiger partial charge in [0, 0.05) is 0 Å². The maximum atomic E-state index is 2.26. The Kier molecular flexibility index (Phi) is 7.02. The molecule has 0 aliphatic rings. The van der Waals surface area contributed by atoms with Crippen LogP contribution in [0.5, 0.6) is 0 Å². The molecule has 0 unspecified atom stereocenters. The van der Waals surface area contributed by atoms with Gasteiger partial charge in [0.05, 0.1) is 0 Å². The molecule has 42 heavy (non-hydrogen) atoms. The summed E-state index contributed by atoms with van der Waals surface area (Å²) in [6.45, 7) is 0. The zero-order chi connectivity index (χ0) is 28.1. The summed E-state index contributed by atoms with van der Waals surface area (Å²) in [6, 6.07) is 51.9. The molecule has 0 atom stereocenters. The van der Waals surface area contributed by atoms with Crippen LogP contribution >= 0.6 is 0 Å². The highest BCUT2D eigenvalue weighted by Gasteiger charge is 2.02. The topological polar surface area (TPSA) is 0 Å². The number of rotatable bonds is 6. The zero-order valence-corrected chi connectivity index (χ0v) is 23.3. The third-order valence-corrected chi connectivity index (χ3v) is 7.84. The molecule has 0 heteroatoms. The van der Waals surface area contributed by atoms with Gasteiger partial charge in [-0.3, -0.25) is 0 Å². The zero-order valence-electron chi connectivity index (χ0n) is 23.3. The molecule has 0 saturated heterocycles. The summed E-state index contributed by atoms with van der Waals surface area (Å²) in [5, 5.41) is 7.55. The molecule has 7 aromatic carbocycles. The van der Waals surface area contributed by atoms with Crippen molar-refractivity contribution in [3.8, 4) is 0 Å². The summed E-state index contributed by atoms with van der Waals surface area (Å²) in [5.41, 5.74) is 7.16. The second-order valence-electron chi connectivity index (χ2n) is 10.6. The highest BCUT2D eigenvalue weighted by atomic mass is 14.1. The van der Waals surface area contributed by atoms with E-state index in [2.05, 4.69) is 182 Å². The van der Waals surface area contributed by atoms with Crippen LogP contribution in [0.4, 0.5) is 0 Å². The van der Waals surface area contributed by atoms with Crippen molar-refractivity contribution in [1.29, 1.82) is 0 Å². The van der Waals surface area contributed by atoms with Crippen molar-refractivity contribution in [1.82, 2.24) is 0 Å². The first kappa shape index (κ1) is 25.5. The quantitative estimate of drug-likeness (QED) is 0.186. The van der Waals surface area contributed by atoms with Gasteiger partial charge in [0.25, 0.3) is 0 Å². The Hall–Kier alpha value is -5.46. The minimum atomic E-state index is 1.17. The van der Waals surface area contributed by atoms with Crippen LogP contribution in [0.2, 0.25) is 0 Å². The average molecular weight is 535 g/mol. The van der Waals surface area contributed by atoms with Gasteiger partial charge in [0.2, 0.25) is 0 Å². The van der Waals surface area contributed by atoms with Gasteiger partial charge in [0.15, 0.2) is 0 Å². The fourth-order valence-electron chi connectivity index (χ4n) is 5.74. The molecule has 0 saturated carbocycles. The Balaban J connectivity index is 1.29. The van der Waals surface area contributed by atoms with Crippen LogP contribution in [0.25, 0.3) is 68.8 Å². The smallest absolute Gasteiger partial charge is 0.0111 e. The second kappa shape index (κ2) is 11.6. The van der Waals surface area contributed by atoms with Crippen molar-refractivity contribution in [2.45, 2.75) is 0 Å². The molecule has 0 fully saturated rings. The van der Waals surface area contributed by atoms with E-state index in [0.717, 1.165) is 0 Å². The standard InChI is InChI=1S/C42H30/c1-4-19-40-34(10-1)13-7-16-37(40)25-22-31-28-32(23-26-38-17-8-14-35-11-2-5-20-41(35)38)30-33(29-31)24-27-39-18-9-15-36-12-3-6-21-42(36)39/h1-30H/b25-22+,26-23+,27-24+. The lowest BCUT2D eigenvalue weighted by Gasteiger charge is -2.06. The molecular formula is C42H30. The van der Waals surface area contributed by atoms with Gasteiger partial charge in [-0.15, -0.1) is 0 Å². The van der Waals surface area contributed by atoms with E-state index < -0.39 is 0 Å². The van der Waals surface area contributed by atoms with Gasteiger partial charge in [-0.1, -0.05) is 164 Å². The molecule has 0 aromatic heterocycles. The first-order valence-electron chi connectivity index (χ1n) is 14.4. The summed E-state index contributed by atoms with van der Waals surface area (Å²) in [4.78, 5) is 0. The van der Waals surface area contributed by atoms with Crippen LogP contribution in [-0.4, -0.2) is 0 Å². The molecule has 0 bridgehead atoms. The Morgan fingerprint density at radius 2 is 0.548 bits per heavy atom. The van der Waals surface area contributed by atoms with E-state index in [1.807, 2.05) is 0 Å². The fraction of sp³-hybridized carbons (Fsp3) is 0. The largest absolute Gasteiger partial charge is 0.0616 e. The minimum absolute atomic E-state index is 1.17. The molecule has 198 valence electrons. The highest BCUT2D eigenvalue weighted by molar-refractivity contribution is 5.95. The summed E-state index contributed by atoms with van der Waals surface area (Å²) < 4.78 is 0. The Labute approximate surface area is 247 Å². The third kappa shape index (κ3) is 5.44. The van der Waals surface area contributed by atoms with Crippen molar-refractivity contribution in [3.05, 3.63) is 179 Å². The lowest BCUT2D eigenvalue weighted by Crippen LogP contribution is -1.83. The van der Waals surface area contributed by atoms with Crippen LogP contribution in [0.1, 0.15) is 33.4 Å². The predicted octanol–water partition coefficient (Wildman–Crippen LogP) is 11.7. The van der Waals surface area contributed by atoms with Crippen LogP contribution in [0.3, 0.4) is 0 Å². The Morgan fingerprint density at radius 3 is 0.881 bits per heavy atom. The first-order valence-corrected chi connectivity index (χ1v) is 14.4. The molecule has 0 radical (unpaired) electrons. The summed E-state index contributed by atoms with van der Waals surface area (Å²) in [5.74, 6) is 0. The molecule has 0 amide bonds. The Morgan fingerprint density at radius 1 is 0.262 bits per heavy atom. The lowest BCUT2D eigenvalue weighted by atomic mass is 9.99. The fourth-order valence-corrected chi connectivity index (χ4v) is 5.74. The minimum Gasteiger partial charge on any atom is -0.0616 e. The second-order valence-corrected chi connectivity index (χ2v) is 10.6. The number of hydrogen-bond acceptors (Lipinski definition) is 0. The number of fused-ring (bicyclic) bond motifs is 3. The van der Waals surface area contributed by atoms with E-state index >= 15 is 0 Å². The summed E-state index contributed by atoms with van der Waals surface area (Å²) >= 11 is 0. The predicted molar refractivity (Wildman–Crippen MR) is 185 cm³/mol. The maximum absolute atomic E-state index is 2.26. The molecule has 0 heterocycles. The summed E-state index contributed by atoms with van der Waals surface area (Å²) in [7, 11) is 0. The van der Waals surface area contributed by atoms with Crippen molar-refractivity contribution >= 4 is 68.8 Å². The molecule has 0 spiro atoms. The number of benzene rings is 7. The van der Waals surface area contributed by atoms with Crippen molar-refractivity contribution in [3.63, 3.8) is 0 Å². The van der Waals surface area contributed by atoms with E-state index in [1.165, 1.54) is 65.7 Å². The van der Waals surface area contributed by atoms with Crippen LogP contribution in [-0.2, 0) is 0 Å². The SMILES string of the molecule is C(=C\c1cccc2ccccc12)/c1cc(/C=C/c2cccc3ccccc23)cc(/C=C/c2cccc3ccccc23)c1. The molecule has 0 aliphatic carbocycles. The van der Waals surface area contributed by atoms with Gasteiger partial charge in [-0.05, 0) is 83.9 Å². The maximum Gasteiger partial charge on any atom is -0.0111 e. The van der Waals surface area contributed by atoms with E-state index in [0.29, 0.717) is 0 Å². The van der Waals surface area contributed by atoms with Crippen LogP contribution < -0.4 is 0 Å². The van der Waals surface area contributed by atoms with Crippen molar-refractivity contribution in [2.75, 3.05) is 0 Å². The molecule has 0 N–H and O–H groups in total. The van der Waals surface area contributed by atoms with E-state index in [-0.39, 0.29) is 0 Å². The molecule has 0 aliphatic heterocycles. The highest BCUT2D eigenvalue weighted by Crippen LogP contribution is 2.25. The summed E-state index contributed by atoms with van der Waals surface area (Å²) in [6.07, 6.45) is 13.4. The number of hydrogen-bond donors (Lipinski definition) is 0. The van der Waals surface area contributed by atoms with Gasteiger partial charge in [-0.25, -0.2) is 0 Å². The van der Waals surface area contributed by atoms with Crippen LogP contribution in [0, 0.1) is 0 Å². The molecular weight excluding hydrogens is 504 g/mol. The van der Waals surface area contributed by atoms with Gasteiger partial charge in [0.1, 0.15) is 0 Å². The van der Waals surface area contributed by atoms with E-state index in [4.69, 9.17) is 0 Å². The van der Waals surface area contributed by atoms with Crippen molar-refractivity contribution < 1.29 is 0 Å². The molecule has 7 rings (SSSR count). The van der Waals surface area contributed by atoms with Gasteiger partial charge < -0.3 is 0 Å². The molecule has 7 aromatic rings. The van der Waals surface area contributed by atoms with E-state index in [9.17, 15) is 0 Å². The van der Waals surface area contributed by atoms with Crippen molar-refractivity contribution in [2.24, 2.45) is 0 Å². The molecule has 0 nitrogen and oxygen atoms in total. The third-order valence-electron chi connectivity index (χ3n) is 7.84. The van der Waals surface area contributed by atoms with E-state index in [1.54, 1.807) is 0 Å². The normalized spacial score (nSPS) is 12.0. The lowest BCUT2D eigenvalue weighted by molar-refractivity contribution is 1.59. The first-order chi connectivity index (χ1) is 20.8.